The first kappa shape index (κ1) is 16.6. The van der Waals surface area contributed by atoms with Gasteiger partial charge >= 0.3 is 0 Å². The normalized spacial score (nSPS) is 17.5. The van der Waals surface area contributed by atoms with Gasteiger partial charge in [0.25, 0.3) is 5.91 Å². The van der Waals surface area contributed by atoms with Crippen molar-refractivity contribution in [2.75, 3.05) is 12.3 Å². The molecule has 3 heterocycles. The zero-order chi connectivity index (χ0) is 17.3. The van der Waals surface area contributed by atoms with E-state index >= 15 is 0 Å². The Morgan fingerprint density at radius 1 is 1.38 bits per heavy atom. The maximum atomic E-state index is 13.0. The fraction of sp³-hybridized carbons (Fsp3) is 0.438. The molecule has 1 saturated heterocycles. The van der Waals surface area contributed by atoms with Crippen molar-refractivity contribution in [3.8, 4) is 0 Å². The number of carbonyl (C=O) groups excluding carboxylic acids is 1. The van der Waals surface area contributed by atoms with Gasteiger partial charge in [0.15, 0.2) is 5.69 Å². The molecule has 2 aromatic heterocycles. The lowest BCUT2D eigenvalue weighted by Gasteiger charge is -2.24. The maximum Gasteiger partial charge on any atom is 0.274 e. The molecule has 0 radical (unpaired) electrons. The van der Waals surface area contributed by atoms with Gasteiger partial charge in [-0.15, -0.1) is 5.10 Å². The molecule has 1 fully saturated rings. The fourth-order valence-electron chi connectivity index (χ4n) is 2.79. The summed E-state index contributed by atoms with van der Waals surface area (Å²) in [7, 11) is 0. The van der Waals surface area contributed by atoms with Crippen LogP contribution in [0.4, 0.5) is 5.82 Å². The van der Waals surface area contributed by atoms with Crippen molar-refractivity contribution in [2.45, 2.75) is 38.6 Å². The van der Waals surface area contributed by atoms with Crippen LogP contribution in [-0.4, -0.2) is 37.5 Å². The second kappa shape index (κ2) is 6.68. The van der Waals surface area contributed by atoms with Crippen molar-refractivity contribution in [2.24, 2.45) is 0 Å². The zero-order valence-corrected chi connectivity index (χ0v) is 14.4. The molecule has 0 bridgehead atoms. The van der Waals surface area contributed by atoms with E-state index in [1.807, 2.05) is 13.8 Å². The van der Waals surface area contributed by atoms with Crippen LogP contribution in [0.5, 0.6) is 0 Å². The van der Waals surface area contributed by atoms with Gasteiger partial charge < -0.3 is 10.6 Å². The van der Waals surface area contributed by atoms with Crippen LogP contribution in [-0.2, 0) is 0 Å². The average molecular weight is 347 g/mol. The van der Waals surface area contributed by atoms with E-state index in [4.69, 9.17) is 17.3 Å². The molecule has 0 saturated carbocycles. The highest BCUT2D eigenvalue weighted by atomic mass is 35.5. The van der Waals surface area contributed by atoms with Gasteiger partial charge in [0.1, 0.15) is 11.6 Å². The molecule has 1 amide bonds. The first-order valence-electron chi connectivity index (χ1n) is 7.90. The summed E-state index contributed by atoms with van der Waals surface area (Å²) >= 11 is 6.17. The third kappa shape index (κ3) is 3.17. The third-order valence-electron chi connectivity index (χ3n) is 4.04. The molecule has 7 nitrogen and oxygen atoms in total. The Labute approximate surface area is 145 Å². The molecule has 0 aliphatic carbocycles. The van der Waals surface area contributed by atoms with Crippen molar-refractivity contribution >= 4 is 23.3 Å². The minimum absolute atomic E-state index is 0.117. The minimum Gasteiger partial charge on any atom is -0.382 e. The van der Waals surface area contributed by atoms with Gasteiger partial charge in [0, 0.05) is 12.5 Å². The molecule has 126 valence electrons. The van der Waals surface area contributed by atoms with Gasteiger partial charge in [-0.1, -0.05) is 25.4 Å². The number of rotatable bonds is 3. The molecule has 1 aliphatic rings. The molecule has 2 N–H and O–H groups in total. The lowest BCUT2D eigenvalue weighted by atomic mass is 10.1. The Morgan fingerprint density at radius 3 is 2.83 bits per heavy atom. The smallest absolute Gasteiger partial charge is 0.274 e. The number of aromatic nitrogens is 4. The SMILES string of the molecule is CC(C)c1ncc(Cl)c(C(=O)N2CCCC2c2ccc(N)nn2)n1. The highest BCUT2D eigenvalue weighted by Crippen LogP contribution is 2.32. The number of nitrogens with zero attached hydrogens (tertiary/aromatic N) is 5. The van der Waals surface area contributed by atoms with Crippen molar-refractivity contribution in [1.82, 2.24) is 25.1 Å². The standard InChI is InChI=1S/C16H19ClN6O/c1-9(2)15-19-8-10(17)14(20-15)16(24)23-7-3-4-12(23)11-5-6-13(18)22-21-11/h5-6,8-9,12H,3-4,7H2,1-2H3,(H2,18,22). The molecular formula is C16H19ClN6O. The van der Waals surface area contributed by atoms with E-state index < -0.39 is 0 Å². The van der Waals surface area contributed by atoms with Crippen LogP contribution in [0.1, 0.15) is 60.7 Å². The van der Waals surface area contributed by atoms with Gasteiger partial charge in [0.05, 0.1) is 23.0 Å². The first-order valence-corrected chi connectivity index (χ1v) is 8.27. The summed E-state index contributed by atoms with van der Waals surface area (Å²) in [6, 6.07) is 3.36. The maximum absolute atomic E-state index is 13.0. The number of amides is 1. The third-order valence-corrected chi connectivity index (χ3v) is 4.32. The van der Waals surface area contributed by atoms with E-state index in [1.165, 1.54) is 6.20 Å². The molecule has 1 atom stereocenters. The lowest BCUT2D eigenvalue weighted by Crippen LogP contribution is -2.32. The first-order chi connectivity index (χ1) is 11.5. The number of likely N-dealkylation sites (tertiary alicyclic amines) is 1. The Kier molecular flexibility index (Phi) is 4.62. The van der Waals surface area contributed by atoms with E-state index in [1.54, 1.807) is 17.0 Å². The molecule has 8 heteroatoms. The van der Waals surface area contributed by atoms with E-state index in [9.17, 15) is 4.79 Å². The van der Waals surface area contributed by atoms with Gasteiger partial charge in [-0.05, 0) is 25.0 Å². The van der Waals surface area contributed by atoms with E-state index in [0.717, 1.165) is 18.5 Å². The second-order valence-electron chi connectivity index (χ2n) is 6.12. The Balaban J connectivity index is 1.91. The summed E-state index contributed by atoms with van der Waals surface area (Å²) in [6.07, 6.45) is 3.21. The predicted octanol–water partition coefficient (Wildman–Crippen LogP) is 2.60. The van der Waals surface area contributed by atoms with Crippen LogP contribution in [0.3, 0.4) is 0 Å². The van der Waals surface area contributed by atoms with E-state index in [-0.39, 0.29) is 28.6 Å². The summed E-state index contributed by atoms with van der Waals surface area (Å²) in [5.41, 5.74) is 6.55. The molecule has 2 aromatic rings. The molecule has 1 aliphatic heterocycles. The average Bonchev–Trinajstić information content (AvgIpc) is 3.04. The molecule has 24 heavy (non-hydrogen) atoms. The number of anilines is 1. The number of carbonyl (C=O) groups is 1. The van der Waals surface area contributed by atoms with Crippen molar-refractivity contribution < 1.29 is 4.79 Å². The number of hydrogen-bond acceptors (Lipinski definition) is 6. The van der Waals surface area contributed by atoms with Crippen LogP contribution in [0.15, 0.2) is 18.3 Å². The van der Waals surface area contributed by atoms with Crippen molar-refractivity contribution in [1.29, 1.82) is 0 Å². The predicted molar refractivity (Wildman–Crippen MR) is 90.6 cm³/mol. The number of halogens is 1. The zero-order valence-electron chi connectivity index (χ0n) is 13.6. The quantitative estimate of drug-likeness (QED) is 0.917. The lowest BCUT2D eigenvalue weighted by molar-refractivity contribution is 0.0726. The summed E-state index contributed by atoms with van der Waals surface area (Å²) in [4.78, 5) is 23.3. The summed E-state index contributed by atoms with van der Waals surface area (Å²) in [5.74, 6) is 0.873. The Morgan fingerprint density at radius 2 is 2.17 bits per heavy atom. The van der Waals surface area contributed by atoms with Crippen molar-refractivity contribution in [3.05, 3.63) is 40.6 Å². The van der Waals surface area contributed by atoms with Gasteiger partial charge in [-0.25, -0.2) is 9.97 Å². The molecule has 1 unspecified atom stereocenters. The summed E-state index contributed by atoms with van der Waals surface area (Å²) < 4.78 is 0. The highest BCUT2D eigenvalue weighted by molar-refractivity contribution is 6.33. The topological polar surface area (TPSA) is 97.9 Å². The van der Waals surface area contributed by atoms with Crippen LogP contribution in [0.2, 0.25) is 5.02 Å². The van der Waals surface area contributed by atoms with Crippen LogP contribution >= 0.6 is 11.6 Å². The van der Waals surface area contributed by atoms with E-state index in [2.05, 4.69) is 20.2 Å². The Bertz CT molecular complexity index is 749. The minimum atomic E-state index is -0.203. The van der Waals surface area contributed by atoms with Crippen LogP contribution in [0.25, 0.3) is 0 Å². The van der Waals surface area contributed by atoms with Gasteiger partial charge in [-0.3, -0.25) is 4.79 Å². The number of nitrogen functional groups attached to an aromatic ring is 1. The second-order valence-corrected chi connectivity index (χ2v) is 6.53. The highest BCUT2D eigenvalue weighted by Gasteiger charge is 2.33. The Hall–Kier alpha value is -2.28. The van der Waals surface area contributed by atoms with Crippen molar-refractivity contribution in [3.63, 3.8) is 0 Å². The van der Waals surface area contributed by atoms with Crippen LogP contribution in [0, 0.1) is 0 Å². The molecular weight excluding hydrogens is 328 g/mol. The van der Waals surface area contributed by atoms with E-state index in [0.29, 0.717) is 18.2 Å². The molecule has 0 aromatic carbocycles. The monoisotopic (exact) mass is 346 g/mol. The van der Waals surface area contributed by atoms with Gasteiger partial charge in [0.2, 0.25) is 0 Å². The largest absolute Gasteiger partial charge is 0.382 e. The summed E-state index contributed by atoms with van der Waals surface area (Å²) in [6.45, 7) is 4.58. The fourth-order valence-corrected chi connectivity index (χ4v) is 2.96. The van der Waals surface area contributed by atoms with Crippen LogP contribution < -0.4 is 5.73 Å². The van der Waals surface area contributed by atoms with Gasteiger partial charge in [-0.2, -0.15) is 5.10 Å². The molecule has 0 spiro atoms. The molecule has 3 rings (SSSR count). The number of nitrogens with two attached hydrogens (primary N) is 1. The summed E-state index contributed by atoms with van der Waals surface area (Å²) in [5, 5.41) is 8.27. The number of hydrogen-bond donors (Lipinski definition) is 1.